The fourth-order valence-electron chi connectivity index (χ4n) is 3.87. The molecule has 12 heteroatoms. The summed E-state index contributed by atoms with van der Waals surface area (Å²) in [5.41, 5.74) is 0.264. The smallest absolute Gasteiger partial charge is 0.238 e. The number of morpholine rings is 1. The molecule has 0 aliphatic carbocycles. The highest BCUT2D eigenvalue weighted by Gasteiger charge is 2.28. The van der Waals surface area contributed by atoms with E-state index < -0.39 is 44.0 Å². The number of imidazole rings is 1. The van der Waals surface area contributed by atoms with E-state index in [9.17, 15) is 26.4 Å². The Morgan fingerprint density at radius 1 is 1.18 bits per heavy atom. The molecular weight excluding hydrogens is 461 g/mol. The molecule has 1 aliphatic heterocycles. The van der Waals surface area contributed by atoms with Gasteiger partial charge in [-0.05, 0) is 30.7 Å². The first-order valence-electron chi connectivity index (χ1n) is 10.0. The topological polar surface area (TPSA) is 108 Å². The predicted molar refractivity (Wildman–Crippen MR) is 113 cm³/mol. The number of aryl methyl sites for hydroxylation is 1. The lowest BCUT2D eigenvalue weighted by Gasteiger charge is -2.32. The highest BCUT2D eigenvalue weighted by atomic mass is 32.2. The molecule has 0 unspecified atom stereocenters. The third-order valence-electron chi connectivity index (χ3n) is 5.57. The summed E-state index contributed by atoms with van der Waals surface area (Å²) in [6, 6.07) is 3.87. The Balaban J connectivity index is 1.88. The zero-order valence-electron chi connectivity index (χ0n) is 17.8. The minimum atomic E-state index is -4.34. The Bertz CT molecular complexity index is 1350. The van der Waals surface area contributed by atoms with E-state index in [0.29, 0.717) is 24.2 Å². The van der Waals surface area contributed by atoms with Crippen LogP contribution in [0.2, 0.25) is 0 Å². The van der Waals surface area contributed by atoms with Crippen LogP contribution in [0.4, 0.5) is 13.2 Å². The molecule has 1 aromatic heterocycles. The van der Waals surface area contributed by atoms with Crippen molar-refractivity contribution in [1.82, 2.24) is 14.5 Å². The molecule has 1 atom stereocenters. The van der Waals surface area contributed by atoms with Crippen molar-refractivity contribution >= 4 is 27.0 Å². The van der Waals surface area contributed by atoms with E-state index in [4.69, 9.17) is 9.88 Å². The van der Waals surface area contributed by atoms with Gasteiger partial charge in [-0.25, -0.2) is 31.7 Å². The van der Waals surface area contributed by atoms with Gasteiger partial charge in [0.2, 0.25) is 15.9 Å². The molecule has 4 rings (SSSR count). The van der Waals surface area contributed by atoms with Crippen LogP contribution in [0, 0.1) is 24.4 Å². The second-order valence-corrected chi connectivity index (χ2v) is 9.46. The number of nitrogens with two attached hydrogens (primary N) is 1. The minimum Gasteiger partial charge on any atom is -0.373 e. The van der Waals surface area contributed by atoms with Crippen molar-refractivity contribution in [1.29, 1.82) is 0 Å². The highest BCUT2D eigenvalue weighted by molar-refractivity contribution is 7.89. The number of amides is 1. The van der Waals surface area contributed by atoms with Gasteiger partial charge in [0.15, 0.2) is 0 Å². The van der Waals surface area contributed by atoms with Crippen LogP contribution in [0.5, 0.6) is 0 Å². The van der Waals surface area contributed by atoms with Gasteiger partial charge in [-0.3, -0.25) is 4.79 Å². The summed E-state index contributed by atoms with van der Waals surface area (Å²) in [6.07, 6.45) is -0.544. The zero-order chi connectivity index (χ0) is 24.1. The van der Waals surface area contributed by atoms with Crippen LogP contribution in [-0.2, 0) is 26.1 Å². The Kier molecular flexibility index (Phi) is 5.93. The van der Waals surface area contributed by atoms with Crippen molar-refractivity contribution in [3.63, 3.8) is 0 Å². The van der Waals surface area contributed by atoms with Crippen molar-refractivity contribution in [2.75, 3.05) is 19.7 Å². The van der Waals surface area contributed by atoms with Crippen molar-refractivity contribution in [3.8, 4) is 11.4 Å². The number of ether oxygens (including phenoxy) is 1. The highest BCUT2D eigenvalue weighted by Crippen LogP contribution is 2.32. The quantitative estimate of drug-likeness (QED) is 0.614. The first-order valence-corrected chi connectivity index (χ1v) is 11.6. The Hall–Kier alpha value is -2.96. The molecule has 3 aromatic rings. The summed E-state index contributed by atoms with van der Waals surface area (Å²) in [5, 5.41) is 5.00. The summed E-state index contributed by atoms with van der Waals surface area (Å²) < 4.78 is 74.5. The maximum absolute atomic E-state index is 15.0. The minimum absolute atomic E-state index is 0.0218. The SMILES string of the molecule is CC(=O)N1CCO[C@@H](Cn2c(-c3c(F)cc(S(N)(=O)=O)cc3F)nc3cc(C)c(F)cc32)C1. The van der Waals surface area contributed by atoms with E-state index in [0.717, 1.165) is 0 Å². The lowest BCUT2D eigenvalue weighted by atomic mass is 10.1. The van der Waals surface area contributed by atoms with Gasteiger partial charge in [0.25, 0.3) is 0 Å². The average Bonchev–Trinajstić information content (AvgIpc) is 3.04. The molecule has 2 heterocycles. The summed E-state index contributed by atoms with van der Waals surface area (Å²) >= 11 is 0. The van der Waals surface area contributed by atoms with Crippen LogP contribution in [0.1, 0.15) is 12.5 Å². The number of fused-ring (bicyclic) bond motifs is 1. The van der Waals surface area contributed by atoms with Crippen molar-refractivity contribution < 1.29 is 31.1 Å². The number of benzene rings is 2. The molecular formula is C21H21F3N4O4S. The molecule has 176 valence electrons. The van der Waals surface area contributed by atoms with Crippen LogP contribution < -0.4 is 5.14 Å². The molecule has 0 bridgehead atoms. The van der Waals surface area contributed by atoms with Gasteiger partial charge < -0.3 is 14.2 Å². The second-order valence-electron chi connectivity index (χ2n) is 7.90. The van der Waals surface area contributed by atoms with E-state index in [1.165, 1.54) is 30.5 Å². The van der Waals surface area contributed by atoms with Crippen LogP contribution in [0.15, 0.2) is 29.2 Å². The van der Waals surface area contributed by atoms with Crippen molar-refractivity contribution in [2.45, 2.75) is 31.4 Å². The largest absolute Gasteiger partial charge is 0.373 e. The molecule has 2 N–H and O–H groups in total. The molecule has 0 radical (unpaired) electrons. The van der Waals surface area contributed by atoms with E-state index in [2.05, 4.69) is 4.98 Å². The maximum Gasteiger partial charge on any atom is 0.238 e. The average molecular weight is 482 g/mol. The van der Waals surface area contributed by atoms with Gasteiger partial charge in [-0.15, -0.1) is 0 Å². The number of nitrogens with zero attached hydrogens (tertiary/aromatic N) is 3. The van der Waals surface area contributed by atoms with E-state index in [1.54, 1.807) is 4.90 Å². The second kappa shape index (κ2) is 8.43. The van der Waals surface area contributed by atoms with E-state index in [1.807, 2.05) is 0 Å². The number of hydrogen-bond acceptors (Lipinski definition) is 5. The summed E-state index contributed by atoms with van der Waals surface area (Å²) in [6.45, 7) is 3.90. The molecule has 0 spiro atoms. The van der Waals surface area contributed by atoms with Crippen LogP contribution in [-0.4, -0.2) is 54.6 Å². The van der Waals surface area contributed by atoms with Crippen molar-refractivity contribution in [2.24, 2.45) is 5.14 Å². The Morgan fingerprint density at radius 2 is 1.85 bits per heavy atom. The number of aromatic nitrogens is 2. The van der Waals surface area contributed by atoms with E-state index in [-0.39, 0.29) is 42.5 Å². The van der Waals surface area contributed by atoms with Crippen LogP contribution in [0.25, 0.3) is 22.4 Å². The standard InChI is InChI=1S/C21H21F3N4O4S/c1-11-5-18-19(8-15(11)22)28(10-13-9-27(12(2)29)3-4-32-13)21(26-18)20-16(23)6-14(7-17(20)24)33(25,30)31/h5-8,13H,3-4,9-10H2,1-2H3,(H2,25,30,31)/t13-/m1/s1. The zero-order valence-corrected chi connectivity index (χ0v) is 18.6. The molecule has 1 fully saturated rings. The fraction of sp³-hybridized carbons (Fsp3) is 0.333. The predicted octanol–water partition coefficient (Wildman–Crippen LogP) is 2.32. The first-order chi connectivity index (χ1) is 15.5. The molecule has 1 aliphatic rings. The third kappa shape index (κ3) is 4.45. The van der Waals surface area contributed by atoms with Gasteiger partial charge in [-0.1, -0.05) is 0 Å². The van der Waals surface area contributed by atoms with Gasteiger partial charge in [0.1, 0.15) is 23.3 Å². The van der Waals surface area contributed by atoms with Gasteiger partial charge in [-0.2, -0.15) is 0 Å². The maximum atomic E-state index is 15.0. The number of sulfonamides is 1. The number of rotatable bonds is 4. The third-order valence-corrected chi connectivity index (χ3v) is 6.46. The molecule has 2 aromatic carbocycles. The van der Waals surface area contributed by atoms with Gasteiger partial charge in [0, 0.05) is 26.1 Å². The number of carbonyl (C=O) groups is 1. The fourth-order valence-corrected chi connectivity index (χ4v) is 4.41. The normalized spacial score (nSPS) is 17.0. The summed E-state index contributed by atoms with van der Waals surface area (Å²) in [7, 11) is -4.34. The number of primary sulfonamides is 1. The van der Waals surface area contributed by atoms with Crippen LogP contribution >= 0.6 is 0 Å². The van der Waals surface area contributed by atoms with E-state index >= 15 is 0 Å². The van der Waals surface area contributed by atoms with Gasteiger partial charge >= 0.3 is 0 Å². The molecule has 0 saturated carbocycles. The Morgan fingerprint density at radius 3 is 2.45 bits per heavy atom. The molecule has 1 saturated heterocycles. The number of halogens is 3. The van der Waals surface area contributed by atoms with Crippen LogP contribution in [0.3, 0.4) is 0 Å². The first kappa shape index (κ1) is 23.2. The van der Waals surface area contributed by atoms with Crippen molar-refractivity contribution in [3.05, 3.63) is 47.3 Å². The molecule has 1 amide bonds. The lowest BCUT2D eigenvalue weighted by Crippen LogP contribution is -2.46. The molecule has 33 heavy (non-hydrogen) atoms. The number of carbonyl (C=O) groups excluding carboxylic acids is 1. The summed E-state index contributed by atoms with van der Waals surface area (Å²) in [4.78, 5) is 17.0. The number of hydrogen-bond donors (Lipinski definition) is 1. The lowest BCUT2D eigenvalue weighted by molar-refractivity contribution is -0.136. The monoisotopic (exact) mass is 482 g/mol. The Labute approximate surface area is 187 Å². The summed E-state index contributed by atoms with van der Waals surface area (Å²) in [5.74, 6) is -3.23. The molecule has 8 nitrogen and oxygen atoms in total. The van der Waals surface area contributed by atoms with Gasteiger partial charge in [0.05, 0.1) is 40.7 Å².